The fraction of sp³-hybridized carbons (Fsp3) is 0.231. The van der Waals surface area contributed by atoms with Crippen molar-refractivity contribution in [1.29, 1.82) is 0 Å². The van der Waals surface area contributed by atoms with Crippen LogP contribution in [-0.2, 0) is 13.0 Å². The van der Waals surface area contributed by atoms with E-state index in [1.807, 2.05) is 6.20 Å². The number of hydrogen-bond acceptors (Lipinski definition) is 5. The Morgan fingerprint density at radius 2 is 2.00 bits per heavy atom. The molecular weight excluding hydrogens is 242 g/mol. The molecule has 2 aromatic heterocycles. The summed E-state index contributed by atoms with van der Waals surface area (Å²) >= 11 is 0. The molecule has 0 atom stereocenters. The molecule has 0 aromatic carbocycles. The number of pyridine rings is 1. The number of nitrogens with one attached hydrogen (secondary N) is 2. The molecule has 0 unspecified atom stereocenters. The second-order valence-corrected chi connectivity index (χ2v) is 4.33. The predicted molar refractivity (Wildman–Crippen MR) is 69.6 cm³/mol. The molecule has 0 saturated carbocycles. The number of hydrogen-bond donors (Lipinski definition) is 2. The van der Waals surface area contributed by atoms with E-state index in [1.165, 1.54) is 6.33 Å². The molecule has 0 aliphatic carbocycles. The summed E-state index contributed by atoms with van der Waals surface area (Å²) in [5.41, 5.74) is 3.37. The zero-order valence-electron chi connectivity index (χ0n) is 10.3. The van der Waals surface area contributed by atoms with Crippen LogP contribution in [0.4, 0.5) is 5.69 Å². The van der Waals surface area contributed by atoms with Crippen LogP contribution in [0.1, 0.15) is 21.5 Å². The Morgan fingerprint density at radius 1 is 1.16 bits per heavy atom. The minimum atomic E-state index is -0.166. The van der Waals surface area contributed by atoms with E-state index < -0.39 is 0 Å². The Balaban J connectivity index is 1.88. The number of amides is 1. The molecule has 1 amide bonds. The van der Waals surface area contributed by atoms with Gasteiger partial charge in [0, 0.05) is 18.9 Å². The lowest BCUT2D eigenvalue weighted by Gasteiger charge is -2.19. The monoisotopic (exact) mass is 255 g/mol. The van der Waals surface area contributed by atoms with Gasteiger partial charge in [-0.2, -0.15) is 0 Å². The number of carbonyl (C=O) groups is 1. The second-order valence-electron chi connectivity index (χ2n) is 4.33. The minimum Gasteiger partial charge on any atom is -0.319 e. The summed E-state index contributed by atoms with van der Waals surface area (Å²) in [5.74, 6) is -0.166. The Hall–Kier alpha value is -2.34. The third-order valence-corrected chi connectivity index (χ3v) is 3.08. The third kappa shape index (κ3) is 2.43. The summed E-state index contributed by atoms with van der Waals surface area (Å²) in [7, 11) is 0. The van der Waals surface area contributed by atoms with Crippen LogP contribution in [0.3, 0.4) is 0 Å². The van der Waals surface area contributed by atoms with Crippen molar-refractivity contribution in [1.82, 2.24) is 20.3 Å². The summed E-state index contributed by atoms with van der Waals surface area (Å²) in [4.78, 5) is 24.1. The van der Waals surface area contributed by atoms with E-state index in [2.05, 4.69) is 25.6 Å². The van der Waals surface area contributed by atoms with E-state index in [4.69, 9.17) is 0 Å². The second kappa shape index (κ2) is 5.11. The first-order valence-electron chi connectivity index (χ1n) is 6.07. The van der Waals surface area contributed by atoms with E-state index in [-0.39, 0.29) is 5.91 Å². The average molecular weight is 255 g/mol. The van der Waals surface area contributed by atoms with Crippen molar-refractivity contribution >= 4 is 11.6 Å². The Bertz CT molecular complexity index is 599. The van der Waals surface area contributed by atoms with Gasteiger partial charge in [-0.1, -0.05) is 0 Å². The molecule has 0 saturated heterocycles. The van der Waals surface area contributed by atoms with Gasteiger partial charge in [-0.05, 0) is 24.1 Å². The van der Waals surface area contributed by atoms with Gasteiger partial charge < -0.3 is 10.6 Å². The fourth-order valence-electron chi connectivity index (χ4n) is 2.17. The standard InChI is InChI=1S/C13H13N5O/c19-13(18-10-5-16-8-17-6-10)12-7-15-4-9-3-14-2-1-11(9)12/h4-8,14H,1-3H2,(H,18,19). The maximum Gasteiger partial charge on any atom is 0.257 e. The van der Waals surface area contributed by atoms with Crippen LogP contribution in [-0.4, -0.2) is 27.4 Å². The Kier molecular flexibility index (Phi) is 3.16. The highest BCUT2D eigenvalue weighted by molar-refractivity contribution is 6.05. The Labute approximate surface area is 110 Å². The molecule has 2 aromatic rings. The smallest absolute Gasteiger partial charge is 0.257 e. The first kappa shape index (κ1) is 11.7. The van der Waals surface area contributed by atoms with Crippen molar-refractivity contribution in [3.63, 3.8) is 0 Å². The molecule has 0 radical (unpaired) electrons. The molecule has 2 N–H and O–H groups in total. The van der Waals surface area contributed by atoms with E-state index in [0.717, 1.165) is 30.6 Å². The van der Waals surface area contributed by atoms with E-state index >= 15 is 0 Å². The summed E-state index contributed by atoms with van der Waals surface area (Å²) < 4.78 is 0. The van der Waals surface area contributed by atoms with Crippen molar-refractivity contribution in [3.05, 3.63) is 47.8 Å². The molecule has 1 aliphatic rings. The number of rotatable bonds is 2. The van der Waals surface area contributed by atoms with Gasteiger partial charge in [0.2, 0.25) is 0 Å². The highest BCUT2D eigenvalue weighted by Crippen LogP contribution is 2.18. The zero-order valence-corrected chi connectivity index (χ0v) is 10.3. The topological polar surface area (TPSA) is 79.8 Å². The average Bonchev–Trinajstić information content (AvgIpc) is 2.47. The number of anilines is 1. The van der Waals surface area contributed by atoms with Gasteiger partial charge in [0.1, 0.15) is 6.33 Å². The third-order valence-electron chi connectivity index (χ3n) is 3.08. The van der Waals surface area contributed by atoms with Crippen molar-refractivity contribution in [3.8, 4) is 0 Å². The highest BCUT2D eigenvalue weighted by Gasteiger charge is 2.18. The molecule has 0 bridgehead atoms. The zero-order chi connectivity index (χ0) is 13.1. The number of nitrogens with zero attached hydrogens (tertiary/aromatic N) is 3. The molecule has 1 aliphatic heterocycles. The lowest BCUT2D eigenvalue weighted by molar-refractivity contribution is 0.102. The van der Waals surface area contributed by atoms with Crippen LogP contribution in [0.15, 0.2) is 31.1 Å². The molecule has 19 heavy (non-hydrogen) atoms. The van der Waals surface area contributed by atoms with Crippen molar-refractivity contribution < 1.29 is 4.79 Å². The van der Waals surface area contributed by atoms with E-state index in [9.17, 15) is 4.79 Å². The lowest BCUT2D eigenvalue weighted by atomic mass is 9.98. The van der Waals surface area contributed by atoms with Crippen LogP contribution in [0.2, 0.25) is 0 Å². The molecule has 6 nitrogen and oxygen atoms in total. The van der Waals surface area contributed by atoms with Crippen LogP contribution in [0.25, 0.3) is 0 Å². The van der Waals surface area contributed by atoms with Gasteiger partial charge in [-0.3, -0.25) is 9.78 Å². The first-order valence-corrected chi connectivity index (χ1v) is 6.07. The fourth-order valence-corrected chi connectivity index (χ4v) is 2.17. The van der Waals surface area contributed by atoms with Crippen molar-refractivity contribution in [2.24, 2.45) is 0 Å². The summed E-state index contributed by atoms with van der Waals surface area (Å²) in [6.07, 6.45) is 8.82. The van der Waals surface area contributed by atoms with Crippen LogP contribution in [0, 0.1) is 0 Å². The number of aromatic nitrogens is 3. The van der Waals surface area contributed by atoms with Crippen LogP contribution in [0.5, 0.6) is 0 Å². The molecule has 3 rings (SSSR count). The molecule has 3 heterocycles. The first-order chi connectivity index (χ1) is 9.34. The van der Waals surface area contributed by atoms with Crippen molar-refractivity contribution in [2.45, 2.75) is 13.0 Å². The van der Waals surface area contributed by atoms with Gasteiger partial charge in [-0.25, -0.2) is 9.97 Å². The number of fused-ring (bicyclic) bond motifs is 1. The van der Waals surface area contributed by atoms with Gasteiger partial charge >= 0.3 is 0 Å². The van der Waals surface area contributed by atoms with Crippen LogP contribution < -0.4 is 10.6 Å². The molecule has 0 fully saturated rings. The molecular formula is C13H13N5O. The minimum absolute atomic E-state index is 0.166. The molecule has 6 heteroatoms. The summed E-state index contributed by atoms with van der Waals surface area (Å²) in [5, 5.41) is 6.05. The maximum absolute atomic E-state index is 12.3. The molecule has 0 spiro atoms. The summed E-state index contributed by atoms with van der Waals surface area (Å²) in [6.45, 7) is 1.64. The Morgan fingerprint density at radius 3 is 2.84 bits per heavy atom. The van der Waals surface area contributed by atoms with Gasteiger partial charge in [0.25, 0.3) is 5.91 Å². The van der Waals surface area contributed by atoms with Gasteiger partial charge in [0.05, 0.1) is 23.6 Å². The van der Waals surface area contributed by atoms with Gasteiger partial charge in [-0.15, -0.1) is 0 Å². The van der Waals surface area contributed by atoms with E-state index in [1.54, 1.807) is 18.6 Å². The normalized spacial score (nSPS) is 13.7. The maximum atomic E-state index is 12.3. The van der Waals surface area contributed by atoms with E-state index in [0.29, 0.717) is 11.3 Å². The van der Waals surface area contributed by atoms with Gasteiger partial charge in [0.15, 0.2) is 0 Å². The summed E-state index contributed by atoms with van der Waals surface area (Å²) in [6, 6.07) is 0. The quantitative estimate of drug-likeness (QED) is 0.828. The number of carbonyl (C=O) groups excluding carboxylic acids is 1. The predicted octanol–water partition coefficient (Wildman–Crippen LogP) is 0.770. The highest BCUT2D eigenvalue weighted by atomic mass is 16.1. The van der Waals surface area contributed by atoms with Crippen LogP contribution >= 0.6 is 0 Å². The van der Waals surface area contributed by atoms with Crippen molar-refractivity contribution in [2.75, 3.05) is 11.9 Å². The lowest BCUT2D eigenvalue weighted by Crippen LogP contribution is -2.27. The molecule has 96 valence electrons. The SMILES string of the molecule is O=C(Nc1cncnc1)c1cncc2c1CCNC2. The largest absolute Gasteiger partial charge is 0.319 e.